The quantitative estimate of drug-likeness (QED) is 0.918. The average molecular weight is 284 g/mol. The van der Waals surface area contributed by atoms with E-state index in [-0.39, 0.29) is 12.4 Å². The van der Waals surface area contributed by atoms with E-state index in [2.05, 4.69) is 5.32 Å². The first kappa shape index (κ1) is 13.7. The van der Waals surface area contributed by atoms with Crippen molar-refractivity contribution in [1.82, 2.24) is 0 Å². The van der Waals surface area contributed by atoms with Crippen molar-refractivity contribution in [2.45, 2.75) is 13.3 Å². The molecule has 0 aromatic heterocycles. The molecule has 19 heavy (non-hydrogen) atoms. The Morgan fingerprint density at radius 3 is 2.89 bits per heavy atom. The number of carbonyl (C=O) groups excluding carboxylic acids is 1. The van der Waals surface area contributed by atoms with E-state index in [9.17, 15) is 13.2 Å². The molecule has 0 atom stereocenters. The first-order valence-corrected chi connectivity index (χ1v) is 7.68. The maximum atomic E-state index is 11.8. The van der Waals surface area contributed by atoms with Gasteiger partial charge in [-0.05, 0) is 31.5 Å². The van der Waals surface area contributed by atoms with E-state index in [4.69, 9.17) is 4.74 Å². The van der Waals surface area contributed by atoms with E-state index < -0.39 is 16.1 Å². The molecule has 0 saturated carbocycles. The average Bonchev–Trinajstić information content (AvgIpc) is 2.69. The number of carbonyl (C=O) groups is 1. The van der Waals surface area contributed by atoms with Gasteiger partial charge in [0, 0.05) is 12.2 Å². The van der Waals surface area contributed by atoms with E-state index in [1.54, 1.807) is 31.2 Å². The summed E-state index contributed by atoms with van der Waals surface area (Å²) in [5.41, 5.74) is 1.07. The van der Waals surface area contributed by atoms with Gasteiger partial charge in [-0.15, -0.1) is 0 Å². The van der Waals surface area contributed by atoms with E-state index in [0.29, 0.717) is 24.3 Å². The summed E-state index contributed by atoms with van der Waals surface area (Å²) < 4.78 is 29.8. The monoisotopic (exact) mass is 284 g/mol. The van der Waals surface area contributed by atoms with Crippen molar-refractivity contribution >= 4 is 27.5 Å². The molecule has 1 N–H and O–H groups in total. The summed E-state index contributed by atoms with van der Waals surface area (Å²) in [6.45, 7) is 2.48. The van der Waals surface area contributed by atoms with Crippen molar-refractivity contribution in [2.75, 3.05) is 28.5 Å². The lowest BCUT2D eigenvalue weighted by molar-refractivity contribution is 0.168. The fourth-order valence-electron chi connectivity index (χ4n) is 1.95. The second-order valence-electron chi connectivity index (χ2n) is 4.14. The largest absolute Gasteiger partial charge is 0.450 e. The minimum Gasteiger partial charge on any atom is -0.450 e. The minimum atomic E-state index is -3.21. The number of anilines is 2. The lowest BCUT2D eigenvalue weighted by Crippen LogP contribution is -2.25. The van der Waals surface area contributed by atoms with Crippen LogP contribution >= 0.6 is 0 Å². The number of hydrogen-bond acceptors (Lipinski definition) is 4. The summed E-state index contributed by atoms with van der Waals surface area (Å²) in [6, 6.07) is 6.72. The van der Waals surface area contributed by atoms with Crippen molar-refractivity contribution in [1.29, 1.82) is 0 Å². The third-order valence-electron chi connectivity index (χ3n) is 2.76. The molecule has 0 aliphatic carbocycles. The molecule has 0 bridgehead atoms. The van der Waals surface area contributed by atoms with E-state index in [0.717, 1.165) is 0 Å². The highest BCUT2D eigenvalue weighted by Gasteiger charge is 2.28. The smallest absolute Gasteiger partial charge is 0.411 e. The summed E-state index contributed by atoms with van der Waals surface area (Å²) in [7, 11) is -3.21. The Morgan fingerprint density at radius 2 is 2.26 bits per heavy atom. The van der Waals surface area contributed by atoms with Gasteiger partial charge in [0.15, 0.2) is 0 Å². The van der Waals surface area contributed by atoms with Crippen LogP contribution in [0.2, 0.25) is 0 Å². The highest BCUT2D eigenvalue weighted by molar-refractivity contribution is 7.93. The van der Waals surface area contributed by atoms with Gasteiger partial charge in [-0.25, -0.2) is 13.2 Å². The first-order valence-electron chi connectivity index (χ1n) is 6.07. The predicted octanol–water partition coefficient (Wildman–Crippen LogP) is 1.79. The lowest BCUT2D eigenvalue weighted by atomic mass is 10.2. The molecule has 1 amide bonds. The predicted molar refractivity (Wildman–Crippen MR) is 72.8 cm³/mol. The van der Waals surface area contributed by atoms with Gasteiger partial charge in [-0.3, -0.25) is 9.62 Å². The van der Waals surface area contributed by atoms with Crippen LogP contribution in [0.3, 0.4) is 0 Å². The summed E-state index contributed by atoms with van der Waals surface area (Å²) in [5, 5.41) is 2.55. The maximum absolute atomic E-state index is 11.8. The number of nitrogens with one attached hydrogen (secondary N) is 1. The lowest BCUT2D eigenvalue weighted by Gasteiger charge is -2.17. The minimum absolute atomic E-state index is 0.169. The molecule has 1 aliphatic heterocycles. The number of nitrogens with zero attached hydrogens (tertiary/aromatic N) is 1. The molecule has 0 unspecified atom stereocenters. The van der Waals surface area contributed by atoms with E-state index in [1.165, 1.54) is 4.31 Å². The highest BCUT2D eigenvalue weighted by Crippen LogP contribution is 2.26. The van der Waals surface area contributed by atoms with Crippen LogP contribution in [0.25, 0.3) is 0 Å². The van der Waals surface area contributed by atoms with Crippen LogP contribution in [0.4, 0.5) is 16.2 Å². The molecule has 2 rings (SSSR count). The van der Waals surface area contributed by atoms with Gasteiger partial charge in [0.25, 0.3) is 0 Å². The molecule has 0 radical (unpaired) electrons. The van der Waals surface area contributed by atoms with Crippen molar-refractivity contribution in [2.24, 2.45) is 0 Å². The molecule has 1 aromatic rings. The Hall–Kier alpha value is -1.76. The zero-order valence-corrected chi connectivity index (χ0v) is 11.4. The summed E-state index contributed by atoms with van der Waals surface area (Å²) in [4.78, 5) is 11.3. The second kappa shape index (κ2) is 5.48. The number of benzene rings is 1. The molecular weight excluding hydrogens is 268 g/mol. The normalized spacial score (nSPS) is 17.2. The first-order chi connectivity index (χ1) is 9.03. The van der Waals surface area contributed by atoms with Crippen molar-refractivity contribution in [3.8, 4) is 0 Å². The van der Waals surface area contributed by atoms with Crippen molar-refractivity contribution < 1.29 is 17.9 Å². The molecule has 6 nitrogen and oxygen atoms in total. The summed E-state index contributed by atoms with van der Waals surface area (Å²) >= 11 is 0. The van der Waals surface area contributed by atoms with Crippen LogP contribution in [0, 0.1) is 0 Å². The number of amides is 1. The highest BCUT2D eigenvalue weighted by atomic mass is 32.2. The van der Waals surface area contributed by atoms with Gasteiger partial charge < -0.3 is 4.74 Å². The molecule has 104 valence electrons. The zero-order valence-electron chi connectivity index (χ0n) is 10.6. The Morgan fingerprint density at radius 1 is 1.47 bits per heavy atom. The van der Waals surface area contributed by atoms with Gasteiger partial charge in [-0.1, -0.05) is 6.07 Å². The Kier molecular flexibility index (Phi) is 3.94. The third-order valence-corrected chi connectivity index (χ3v) is 4.62. The molecular formula is C12H16N2O4S. The molecule has 1 aromatic carbocycles. The summed E-state index contributed by atoms with van der Waals surface area (Å²) in [5.74, 6) is 0.169. The third kappa shape index (κ3) is 3.17. The Balaban J connectivity index is 2.18. The zero-order chi connectivity index (χ0) is 13.9. The fraction of sp³-hybridized carbons (Fsp3) is 0.417. The summed E-state index contributed by atoms with van der Waals surface area (Å²) in [6.07, 6.45) is 0.0710. The number of ether oxygens (including phenoxy) is 1. The molecule has 1 aliphatic rings. The van der Waals surface area contributed by atoms with Crippen molar-refractivity contribution in [3.05, 3.63) is 24.3 Å². The van der Waals surface area contributed by atoms with Crippen LogP contribution in [-0.4, -0.2) is 33.4 Å². The van der Waals surface area contributed by atoms with Crippen LogP contribution in [0.1, 0.15) is 13.3 Å². The molecule has 1 fully saturated rings. The van der Waals surface area contributed by atoms with Crippen LogP contribution in [-0.2, 0) is 14.8 Å². The van der Waals surface area contributed by atoms with Gasteiger partial charge in [0.05, 0.1) is 18.0 Å². The number of rotatable bonds is 3. The van der Waals surface area contributed by atoms with E-state index in [1.807, 2.05) is 0 Å². The Bertz CT molecular complexity index is 571. The molecule has 1 saturated heterocycles. The van der Waals surface area contributed by atoms with Gasteiger partial charge in [0.1, 0.15) is 0 Å². The van der Waals surface area contributed by atoms with Crippen molar-refractivity contribution in [3.63, 3.8) is 0 Å². The van der Waals surface area contributed by atoms with Gasteiger partial charge >= 0.3 is 6.09 Å². The van der Waals surface area contributed by atoms with E-state index >= 15 is 0 Å². The fourth-order valence-corrected chi connectivity index (χ4v) is 3.51. The Labute approximate surface area is 112 Å². The van der Waals surface area contributed by atoms with Crippen LogP contribution < -0.4 is 9.62 Å². The molecule has 7 heteroatoms. The number of hydrogen-bond donors (Lipinski definition) is 1. The maximum Gasteiger partial charge on any atom is 0.411 e. The SMILES string of the molecule is CCOC(=O)Nc1cccc(N2CCCS2(=O)=O)c1. The van der Waals surface area contributed by atoms with Crippen LogP contribution in [0.15, 0.2) is 24.3 Å². The van der Waals surface area contributed by atoms with Gasteiger partial charge in [-0.2, -0.15) is 0 Å². The second-order valence-corrected chi connectivity index (χ2v) is 6.15. The standard InChI is InChI=1S/C12H16N2O4S/c1-2-18-12(15)13-10-5-3-6-11(9-10)14-7-4-8-19(14,16)17/h3,5-6,9H,2,4,7-8H2,1H3,(H,13,15). The topological polar surface area (TPSA) is 75.7 Å². The molecule has 0 spiro atoms. The van der Waals surface area contributed by atoms with Crippen LogP contribution in [0.5, 0.6) is 0 Å². The number of sulfonamides is 1. The molecule has 1 heterocycles. The van der Waals surface area contributed by atoms with Gasteiger partial charge in [0.2, 0.25) is 10.0 Å².